The van der Waals surface area contributed by atoms with Crippen molar-refractivity contribution in [3.8, 4) is 0 Å². The van der Waals surface area contributed by atoms with Crippen molar-refractivity contribution >= 4 is 11.9 Å². The molecule has 2 fully saturated rings. The minimum absolute atomic E-state index is 0.0533. The first-order valence-corrected chi connectivity index (χ1v) is 10.9. The van der Waals surface area contributed by atoms with Crippen molar-refractivity contribution in [2.24, 2.45) is 4.99 Å². The van der Waals surface area contributed by atoms with Crippen LogP contribution in [0.15, 0.2) is 15.6 Å². The largest absolute Gasteiger partial charge is 0.443 e. The Morgan fingerprint density at radius 2 is 1.83 bits per heavy atom. The second-order valence-corrected chi connectivity index (χ2v) is 8.89. The van der Waals surface area contributed by atoms with E-state index in [1.165, 1.54) is 0 Å². The SMILES string of the molecule is CCNC(=NCc1ncc(C(C)(C)C)o1)N1CCN(CC(=O)N2CCCC2)CC1. The molecule has 0 unspecified atom stereocenters. The number of carbonyl (C=O) groups excluding carboxylic acids is 1. The quantitative estimate of drug-likeness (QED) is 0.594. The predicted octanol–water partition coefficient (Wildman–Crippen LogP) is 1.68. The van der Waals surface area contributed by atoms with E-state index >= 15 is 0 Å². The van der Waals surface area contributed by atoms with Crippen molar-refractivity contribution in [3.63, 3.8) is 0 Å². The Bertz CT molecular complexity index is 694. The van der Waals surface area contributed by atoms with Crippen LogP contribution in [0.25, 0.3) is 0 Å². The number of hydrogen-bond acceptors (Lipinski definition) is 5. The highest BCUT2D eigenvalue weighted by atomic mass is 16.4. The smallest absolute Gasteiger partial charge is 0.236 e. The van der Waals surface area contributed by atoms with Crippen LogP contribution in [0.2, 0.25) is 0 Å². The Balaban J connectivity index is 1.52. The number of rotatable bonds is 5. The van der Waals surface area contributed by atoms with E-state index < -0.39 is 0 Å². The number of piperazine rings is 1. The van der Waals surface area contributed by atoms with Gasteiger partial charge in [-0.15, -0.1) is 0 Å². The Hall–Kier alpha value is -2.09. The van der Waals surface area contributed by atoms with Crippen molar-refractivity contribution in [2.75, 3.05) is 52.4 Å². The Morgan fingerprint density at radius 1 is 1.14 bits per heavy atom. The molecule has 1 amide bonds. The highest BCUT2D eigenvalue weighted by Gasteiger charge is 2.25. The third-order valence-electron chi connectivity index (χ3n) is 5.48. The van der Waals surface area contributed by atoms with Gasteiger partial charge in [0.1, 0.15) is 12.3 Å². The topological polar surface area (TPSA) is 77.2 Å². The molecule has 162 valence electrons. The molecule has 0 atom stereocenters. The van der Waals surface area contributed by atoms with Crippen LogP contribution in [-0.2, 0) is 16.8 Å². The zero-order valence-corrected chi connectivity index (χ0v) is 18.4. The van der Waals surface area contributed by atoms with E-state index in [9.17, 15) is 4.79 Å². The maximum absolute atomic E-state index is 12.4. The number of nitrogens with zero attached hydrogens (tertiary/aromatic N) is 5. The number of guanidine groups is 1. The first kappa shape index (κ1) is 21.6. The van der Waals surface area contributed by atoms with Crippen molar-refractivity contribution in [2.45, 2.75) is 52.5 Å². The second-order valence-electron chi connectivity index (χ2n) is 8.89. The van der Waals surface area contributed by atoms with E-state index in [0.717, 1.165) is 70.4 Å². The number of hydrogen-bond donors (Lipinski definition) is 1. The molecule has 2 aliphatic heterocycles. The molecular weight excluding hydrogens is 368 g/mol. The molecule has 0 aromatic carbocycles. The molecule has 2 aliphatic rings. The van der Waals surface area contributed by atoms with Gasteiger partial charge < -0.3 is 19.5 Å². The van der Waals surface area contributed by atoms with Crippen LogP contribution in [-0.4, -0.2) is 83.9 Å². The zero-order chi connectivity index (χ0) is 20.9. The minimum atomic E-state index is -0.0533. The molecule has 1 aromatic heterocycles. The van der Waals surface area contributed by atoms with Crippen LogP contribution in [0.5, 0.6) is 0 Å². The van der Waals surface area contributed by atoms with Gasteiger partial charge in [-0.3, -0.25) is 9.69 Å². The summed E-state index contributed by atoms with van der Waals surface area (Å²) in [5.74, 6) is 2.67. The van der Waals surface area contributed by atoms with Crippen molar-refractivity contribution in [3.05, 3.63) is 17.8 Å². The van der Waals surface area contributed by atoms with Crippen molar-refractivity contribution < 1.29 is 9.21 Å². The molecule has 0 radical (unpaired) electrons. The van der Waals surface area contributed by atoms with E-state index in [-0.39, 0.29) is 11.3 Å². The second kappa shape index (κ2) is 9.61. The van der Waals surface area contributed by atoms with Crippen LogP contribution in [0, 0.1) is 0 Å². The number of oxazole rings is 1. The molecule has 0 spiro atoms. The highest BCUT2D eigenvalue weighted by Crippen LogP contribution is 2.22. The standard InChI is InChI=1S/C21H36N6O2/c1-5-22-20(24-15-18-23-14-17(29-18)21(2,3)4)27-12-10-25(11-13-27)16-19(28)26-8-6-7-9-26/h14H,5-13,15-16H2,1-4H3,(H,22,24). The summed E-state index contributed by atoms with van der Waals surface area (Å²) in [6.07, 6.45) is 4.08. The lowest BCUT2D eigenvalue weighted by Gasteiger charge is -2.36. The van der Waals surface area contributed by atoms with Crippen LogP contribution < -0.4 is 5.32 Å². The summed E-state index contributed by atoms with van der Waals surface area (Å²) in [7, 11) is 0. The number of likely N-dealkylation sites (tertiary alicyclic amines) is 1. The van der Waals surface area contributed by atoms with E-state index in [2.05, 4.69) is 47.8 Å². The van der Waals surface area contributed by atoms with Gasteiger partial charge in [0.05, 0.1) is 12.7 Å². The summed E-state index contributed by atoms with van der Waals surface area (Å²) in [4.78, 5) is 28.0. The third kappa shape index (κ3) is 5.95. The molecule has 8 nitrogen and oxygen atoms in total. The van der Waals surface area contributed by atoms with Crippen LogP contribution in [0.4, 0.5) is 0 Å². The van der Waals surface area contributed by atoms with Gasteiger partial charge in [-0.1, -0.05) is 20.8 Å². The van der Waals surface area contributed by atoms with E-state index in [1.54, 1.807) is 6.20 Å². The molecule has 2 saturated heterocycles. The van der Waals surface area contributed by atoms with Gasteiger partial charge in [-0.25, -0.2) is 9.98 Å². The van der Waals surface area contributed by atoms with Gasteiger partial charge in [0.15, 0.2) is 5.96 Å². The van der Waals surface area contributed by atoms with E-state index in [4.69, 9.17) is 9.41 Å². The molecular formula is C21H36N6O2. The maximum atomic E-state index is 12.4. The number of nitrogens with one attached hydrogen (secondary N) is 1. The predicted molar refractivity (Wildman–Crippen MR) is 114 cm³/mol. The summed E-state index contributed by atoms with van der Waals surface area (Å²) in [5, 5.41) is 3.37. The average Bonchev–Trinajstić information content (AvgIpc) is 3.37. The van der Waals surface area contributed by atoms with Crippen molar-refractivity contribution in [1.29, 1.82) is 0 Å². The van der Waals surface area contributed by atoms with Crippen LogP contribution >= 0.6 is 0 Å². The van der Waals surface area contributed by atoms with E-state index in [0.29, 0.717) is 19.0 Å². The normalized spacial score (nSPS) is 19.1. The van der Waals surface area contributed by atoms with Crippen molar-refractivity contribution in [1.82, 2.24) is 25.0 Å². The molecule has 3 rings (SSSR count). The summed E-state index contributed by atoms with van der Waals surface area (Å²) < 4.78 is 5.86. The van der Waals surface area contributed by atoms with Crippen LogP contribution in [0.1, 0.15) is 52.2 Å². The van der Waals surface area contributed by atoms with E-state index in [1.807, 2.05) is 4.90 Å². The maximum Gasteiger partial charge on any atom is 0.236 e. The summed E-state index contributed by atoms with van der Waals surface area (Å²) in [6, 6.07) is 0. The molecule has 29 heavy (non-hydrogen) atoms. The molecule has 8 heteroatoms. The average molecular weight is 405 g/mol. The Kier molecular flexibility index (Phi) is 7.16. The minimum Gasteiger partial charge on any atom is -0.443 e. The summed E-state index contributed by atoms with van der Waals surface area (Å²) in [5.41, 5.74) is -0.0533. The molecule has 0 saturated carbocycles. The lowest BCUT2D eigenvalue weighted by molar-refractivity contribution is -0.131. The van der Waals surface area contributed by atoms with Gasteiger partial charge in [-0.05, 0) is 19.8 Å². The lowest BCUT2D eigenvalue weighted by atomic mass is 9.94. The zero-order valence-electron chi connectivity index (χ0n) is 18.4. The molecule has 1 aromatic rings. The Labute approximate surface area is 174 Å². The number of aliphatic imine (C=N–C) groups is 1. The molecule has 0 bridgehead atoms. The summed E-state index contributed by atoms with van der Waals surface area (Å²) in [6.45, 7) is 15.5. The van der Waals surface area contributed by atoms with Crippen LogP contribution in [0.3, 0.4) is 0 Å². The number of amides is 1. The first-order valence-electron chi connectivity index (χ1n) is 10.9. The van der Waals surface area contributed by atoms with Gasteiger partial charge in [-0.2, -0.15) is 0 Å². The fourth-order valence-electron chi connectivity index (χ4n) is 3.67. The first-order chi connectivity index (χ1) is 13.9. The molecule has 0 aliphatic carbocycles. The molecule has 3 heterocycles. The van der Waals surface area contributed by atoms with Gasteiger partial charge >= 0.3 is 0 Å². The highest BCUT2D eigenvalue weighted by molar-refractivity contribution is 5.80. The molecule has 1 N–H and O–H groups in total. The third-order valence-corrected chi connectivity index (χ3v) is 5.48. The number of carbonyl (C=O) groups is 1. The lowest BCUT2D eigenvalue weighted by Crippen LogP contribution is -2.54. The fraction of sp³-hybridized carbons (Fsp3) is 0.762. The van der Waals surface area contributed by atoms with Gasteiger partial charge in [0.25, 0.3) is 0 Å². The number of aromatic nitrogens is 1. The fourth-order valence-corrected chi connectivity index (χ4v) is 3.67. The Morgan fingerprint density at radius 3 is 2.41 bits per heavy atom. The monoisotopic (exact) mass is 404 g/mol. The van der Waals surface area contributed by atoms with Gasteiger partial charge in [0, 0.05) is 51.2 Å². The summed E-state index contributed by atoms with van der Waals surface area (Å²) >= 11 is 0. The van der Waals surface area contributed by atoms with Gasteiger partial charge in [0.2, 0.25) is 11.8 Å².